The summed E-state index contributed by atoms with van der Waals surface area (Å²) >= 11 is 0. The summed E-state index contributed by atoms with van der Waals surface area (Å²) in [5.74, 6) is 0. The molecule has 1 aromatic heterocycles. The van der Waals surface area contributed by atoms with Crippen LogP contribution in [0, 0.1) is 0 Å². The van der Waals surface area contributed by atoms with Gasteiger partial charge in [-0.3, -0.25) is 0 Å². The second-order valence-corrected chi connectivity index (χ2v) is 16.1. The highest BCUT2D eigenvalue weighted by molar-refractivity contribution is 6.17. The Bertz CT molecular complexity index is 3490. The number of anilines is 3. The first-order valence-corrected chi connectivity index (χ1v) is 21.3. The monoisotopic (exact) mass is 788 g/mol. The molecule has 1 heterocycles. The Hall–Kier alpha value is -8.20. The molecule has 12 rings (SSSR count). The van der Waals surface area contributed by atoms with Crippen molar-refractivity contribution in [2.24, 2.45) is 0 Å². The van der Waals surface area contributed by atoms with E-state index in [1.54, 1.807) is 0 Å². The number of benzene rings is 11. The lowest BCUT2D eigenvalue weighted by Crippen LogP contribution is -2.11. The van der Waals surface area contributed by atoms with Crippen molar-refractivity contribution in [3.8, 4) is 39.1 Å². The van der Waals surface area contributed by atoms with E-state index in [9.17, 15) is 0 Å². The lowest BCUT2D eigenvalue weighted by molar-refractivity contribution is 1.20. The highest BCUT2D eigenvalue weighted by atomic mass is 15.1. The molecule has 0 saturated carbocycles. The molecule has 2 nitrogen and oxygen atoms in total. The van der Waals surface area contributed by atoms with Gasteiger partial charge in [-0.15, -0.1) is 0 Å². The van der Waals surface area contributed by atoms with Gasteiger partial charge in [0.15, 0.2) is 0 Å². The topological polar surface area (TPSA) is 8.17 Å². The standard InChI is InChI=1S/C60H40N2/c1-4-21-48-41(15-1)18-11-26-50(48)44-33-37-46(38-34-44)61(47-39-35-45(36-40-47)51-27-12-19-42-16-2-5-22-49(42)51)57-29-9-7-24-53(57)54-28-14-32-59-60(54)55-25-8-10-30-58(55)62(59)56-31-13-20-43-17-3-6-23-52(43)56/h1-40H. The van der Waals surface area contributed by atoms with E-state index in [2.05, 4.69) is 252 Å². The SMILES string of the molecule is c1ccc(N(c2ccc(-c3cccc4ccccc34)cc2)c2ccc(-c3cccc4ccccc34)cc2)c(-c2cccc3c2c2ccccc2n3-c2cccc3ccccc23)c1. The van der Waals surface area contributed by atoms with Crippen LogP contribution in [0.5, 0.6) is 0 Å². The van der Waals surface area contributed by atoms with Crippen LogP contribution in [0.25, 0.3) is 93.2 Å². The summed E-state index contributed by atoms with van der Waals surface area (Å²) in [6.07, 6.45) is 0. The van der Waals surface area contributed by atoms with Crippen LogP contribution < -0.4 is 4.90 Å². The zero-order valence-electron chi connectivity index (χ0n) is 34.0. The van der Waals surface area contributed by atoms with Crippen LogP contribution in [0.4, 0.5) is 17.1 Å². The molecule has 0 aliphatic rings. The summed E-state index contributed by atoms with van der Waals surface area (Å²) in [7, 11) is 0. The van der Waals surface area contributed by atoms with Crippen LogP contribution in [-0.4, -0.2) is 4.57 Å². The molecule has 0 radical (unpaired) electrons. The number of hydrogen-bond donors (Lipinski definition) is 0. The Morgan fingerprint density at radius 1 is 0.274 bits per heavy atom. The molecule has 62 heavy (non-hydrogen) atoms. The average Bonchev–Trinajstić information content (AvgIpc) is 3.69. The molecule has 0 saturated heterocycles. The van der Waals surface area contributed by atoms with Crippen LogP contribution in [0.3, 0.4) is 0 Å². The predicted molar refractivity (Wildman–Crippen MR) is 264 cm³/mol. The van der Waals surface area contributed by atoms with Gasteiger partial charge in [-0.2, -0.15) is 0 Å². The molecule has 290 valence electrons. The minimum absolute atomic E-state index is 1.09. The Kier molecular flexibility index (Phi) is 8.53. The van der Waals surface area contributed by atoms with E-state index in [1.807, 2.05) is 0 Å². The van der Waals surface area contributed by atoms with Gasteiger partial charge >= 0.3 is 0 Å². The summed E-state index contributed by atoms with van der Waals surface area (Å²) in [5, 5.41) is 9.92. The number of aromatic nitrogens is 1. The quantitative estimate of drug-likeness (QED) is 0.156. The zero-order chi connectivity index (χ0) is 41.0. The minimum Gasteiger partial charge on any atom is -0.310 e. The van der Waals surface area contributed by atoms with Gasteiger partial charge in [-0.1, -0.05) is 194 Å². The van der Waals surface area contributed by atoms with Gasteiger partial charge in [0.1, 0.15) is 0 Å². The second-order valence-electron chi connectivity index (χ2n) is 16.1. The lowest BCUT2D eigenvalue weighted by atomic mass is 9.95. The van der Waals surface area contributed by atoms with Crippen molar-refractivity contribution in [1.82, 2.24) is 4.57 Å². The van der Waals surface area contributed by atoms with E-state index in [4.69, 9.17) is 0 Å². The summed E-state index contributed by atoms with van der Waals surface area (Å²) in [5.41, 5.74) is 14.0. The number of hydrogen-bond acceptors (Lipinski definition) is 1. The molecule has 12 aromatic rings. The van der Waals surface area contributed by atoms with E-state index in [0.717, 1.165) is 22.6 Å². The van der Waals surface area contributed by atoms with Crippen molar-refractivity contribution < 1.29 is 0 Å². The maximum Gasteiger partial charge on any atom is 0.0547 e. The fraction of sp³-hybridized carbons (Fsp3) is 0. The molecular formula is C60H40N2. The normalized spacial score (nSPS) is 11.5. The van der Waals surface area contributed by atoms with Crippen LogP contribution in [-0.2, 0) is 0 Å². The number of nitrogens with zero attached hydrogens (tertiary/aromatic N) is 2. The second kappa shape index (κ2) is 14.8. The summed E-state index contributed by atoms with van der Waals surface area (Å²) in [6.45, 7) is 0. The molecule has 2 heteroatoms. The molecule has 0 fully saturated rings. The zero-order valence-corrected chi connectivity index (χ0v) is 34.0. The van der Waals surface area contributed by atoms with Crippen LogP contribution in [0.1, 0.15) is 0 Å². The molecule has 0 amide bonds. The smallest absolute Gasteiger partial charge is 0.0547 e. The number of fused-ring (bicyclic) bond motifs is 6. The van der Waals surface area contributed by atoms with Gasteiger partial charge in [0, 0.05) is 33.1 Å². The molecule has 0 N–H and O–H groups in total. The first kappa shape index (κ1) is 35.7. The highest BCUT2D eigenvalue weighted by Gasteiger charge is 2.22. The molecule has 0 spiro atoms. The Balaban J connectivity index is 1.06. The van der Waals surface area contributed by atoms with Crippen LogP contribution in [0.15, 0.2) is 243 Å². The van der Waals surface area contributed by atoms with Gasteiger partial charge in [0.2, 0.25) is 0 Å². The molecule has 0 bridgehead atoms. The maximum absolute atomic E-state index is 2.45. The lowest BCUT2D eigenvalue weighted by Gasteiger charge is -2.28. The molecule has 0 atom stereocenters. The van der Waals surface area contributed by atoms with Gasteiger partial charge in [0.05, 0.1) is 22.4 Å². The first-order valence-electron chi connectivity index (χ1n) is 21.3. The number of para-hydroxylation sites is 2. The van der Waals surface area contributed by atoms with Crippen LogP contribution in [0.2, 0.25) is 0 Å². The summed E-state index contributed by atoms with van der Waals surface area (Å²) < 4.78 is 2.45. The van der Waals surface area contributed by atoms with E-state index in [1.165, 1.54) is 87.6 Å². The van der Waals surface area contributed by atoms with Gasteiger partial charge < -0.3 is 9.47 Å². The van der Waals surface area contributed by atoms with Crippen molar-refractivity contribution in [3.05, 3.63) is 243 Å². The van der Waals surface area contributed by atoms with Gasteiger partial charge in [-0.05, 0) is 103 Å². The van der Waals surface area contributed by atoms with Crippen molar-refractivity contribution in [2.45, 2.75) is 0 Å². The minimum atomic E-state index is 1.09. The third kappa shape index (κ3) is 5.88. The van der Waals surface area contributed by atoms with E-state index < -0.39 is 0 Å². The average molecular weight is 789 g/mol. The van der Waals surface area contributed by atoms with E-state index in [-0.39, 0.29) is 0 Å². The Labute approximate surface area is 360 Å². The molecule has 0 aliphatic heterocycles. The highest BCUT2D eigenvalue weighted by Crippen LogP contribution is 2.46. The van der Waals surface area contributed by atoms with Gasteiger partial charge in [-0.25, -0.2) is 0 Å². The van der Waals surface area contributed by atoms with E-state index >= 15 is 0 Å². The van der Waals surface area contributed by atoms with Crippen molar-refractivity contribution in [3.63, 3.8) is 0 Å². The number of rotatable bonds is 7. The summed E-state index contributed by atoms with van der Waals surface area (Å²) in [6, 6.07) is 88.5. The third-order valence-corrected chi connectivity index (χ3v) is 12.6. The van der Waals surface area contributed by atoms with Crippen molar-refractivity contribution in [1.29, 1.82) is 0 Å². The fourth-order valence-corrected chi connectivity index (χ4v) is 9.76. The Morgan fingerprint density at radius 2 is 0.694 bits per heavy atom. The van der Waals surface area contributed by atoms with Crippen LogP contribution >= 0.6 is 0 Å². The summed E-state index contributed by atoms with van der Waals surface area (Å²) in [4.78, 5) is 2.43. The molecule has 0 aliphatic carbocycles. The molecule has 0 unspecified atom stereocenters. The first-order chi connectivity index (χ1) is 30.8. The third-order valence-electron chi connectivity index (χ3n) is 12.6. The fourth-order valence-electron chi connectivity index (χ4n) is 9.76. The van der Waals surface area contributed by atoms with Crippen molar-refractivity contribution >= 4 is 71.2 Å². The van der Waals surface area contributed by atoms with Crippen molar-refractivity contribution in [2.75, 3.05) is 4.90 Å². The largest absolute Gasteiger partial charge is 0.310 e. The molecular weight excluding hydrogens is 749 g/mol. The maximum atomic E-state index is 2.45. The van der Waals surface area contributed by atoms with Gasteiger partial charge in [0.25, 0.3) is 0 Å². The predicted octanol–water partition coefficient (Wildman–Crippen LogP) is 16.7. The van der Waals surface area contributed by atoms with E-state index in [0.29, 0.717) is 0 Å². The Morgan fingerprint density at radius 3 is 1.32 bits per heavy atom. The molecule has 11 aromatic carbocycles.